The van der Waals surface area contributed by atoms with Gasteiger partial charge in [0, 0.05) is 33.5 Å². The Kier molecular flexibility index (Phi) is 4.96. The van der Waals surface area contributed by atoms with Gasteiger partial charge in [-0.05, 0) is 70.1 Å². The smallest absolute Gasteiger partial charge is 0.442 e. The Balaban J connectivity index is 1.24. The van der Waals surface area contributed by atoms with Crippen molar-refractivity contribution in [3.05, 3.63) is 145 Å². The molecule has 1 aliphatic carbocycles. The van der Waals surface area contributed by atoms with Crippen molar-refractivity contribution in [2.45, 2.75) is 6.04 Å². The zero-order chi connectivity index (χ0) is 29.5. The monoisotopic (exact) mass is 578 g/mol. The van der Waals surface area contributed by atoms with Gasteiger partial charge in [0.05, 0.1) is 11.4 Å². The van der Waals surface area contributed by atoms with Gasteiger partial charge >= 0.3 is 5.95 Å². The molecule has 210 valence electrons. The average molecular weight is 579 g/mol. The molecule has 45 heavy (non-hydrogen) atoms. The van der Waals surface area contributed by atoms with Crippen LogP contribution in [0.2, 0.25) is 0 Å². The number of benzene rings is 5. The Hall–Kier alpha value is -6.14. The highest BCUT2D eigenvalue weighted by Crippen LogP contribution is 2.53. The first-order valence-corrected chi connectivity index (χ1v) is 15.1. The topological polar surface area (TPSA) is 58.1 Å². The zero-order valence-electron chi connectivity index (χ0n) is 24.0. The second-order valence-electron chi connectivity index (χ2n) is 11.5. The number of aromatic nitrogens is 3. The first-order chi connectivity index (χ1) is 22.3. The van der Waals surface area contributed by atoms with E-state index in [-0.39, 0.29) is 6.04 Å². The first kappa shape index (κ1) is 24.3. The molecule has 0 saturated carbocycles. The summed E-state index contributed by atoms with van der Waals surface area (Å²) in [5.41, 5.74) is 10.5. The van der Waals surface area contributed by atoms with E-state index in [4.69, 9.17) is 19.4 Å². The molecule has 2 aromatic heterocycles. The molecule has 5 aromatic carbocycles. The summed E-state index contributed by atoms with van der Waals surface area (Å²) < 4.78 is 8.57. The number of allylic oxidation sites excluding steroid dienone is 2. The van der Waals surface area contributed by atoms with Crippen molar-refractivity contribution in [2.24, 2.45) is 0 Å². The van der Waals surface area contributed by atoms with Crippen LogP contribution in [0.4, 0.5) is 23.0 Å². The molecule has 0 radical (unpaired) electrons. The fourth-order valence-electron chi connectivity index (χ4n) is 7.01. The van der Waals surface area contributed by atoms with Crippen molar-refractivity contribution in [1.29, 1.82) is 0 Å². The van der Waals surface area contributed by atoms with Gasteiger partial charge in [-0.3, -0.25) is 0 Å². The van der Waals surface area contributed by atoms with Gasteiger partial charge in [-0.25, -0.2) is 0 Å². The average Bonchev–Trinajstić information content (AvgIpc) is 3.64. The number of anilines is 2. The maximum absolute atomic E-state index is 6.35. The summed E-state index contributed by atoms with van der Waals surface area (Å²) in [4.78, 5) is 17.6. The van der Waals surface area contributed by atoms with Crippen LogP contribution in [-0.4, -0.2) is 26.7 Å². The number of fused-ring (bicyclic) bond motifs is 8. The third kappa shape index (κ3) is 3.50. The molecule has 7 aromatic rings. The predicted octanol–water partition coefficient (Wildman–Crippen LogP) is 8.87. The van der Waals surface area contributed by atoms with E-state index in [0.717, 1.165) is 55.8 Å². The SMILES string of the molecule is C1=CC2=[N+](c3nc(-c4ccccc4)nc(-c4ccccc4)n3)c3ccccc3N3c4cc5oc6ccccc6c5cc4C(=C1)C23. The van der Waals surface area contributed by atoms with Crippen LogP contribution in [0.5, 0.6) is 0 Å². The van der Waals surface area contributed by atoms with Crippen molar-refractivity contribution in [3.8, 4) is 22.8 Å². The molecular weight excluding hydrogens is 554 g/mol. The van der Waals surface area contributed by atoms with E-state index in [1.165, 1.54) is 11.1 Å². The number of hydrogen-bond donors (Lipinski definition) is 0. The second kappa shape index (κ2) is 9.18. The van der Waals surface area contributed by atoms with Gasteiger partial charge < -0.3 is 9.32 Å². The van der Waals surface area contributed by atoms with Gasteiger partial charge in [-0.2, -0.15) is 9.56 Å². The Labute approximate surface area is 258 Å². The fraction of sp³-hybridized carbons (Fsp3) is 0.0256. The van der Waals surface area contributed by atoms with Gasteiger partial charge in [-0.1, -0.05) is 78.9 Å². The Morgan fingerprint density at radius 3 is 2.09 bits per heavy atom. The largest absolute Gasteiger partial charge is 0.456 e. The number of furan rings is 1. The van der Waals surface area contributed by atoms with Gasteiger partial charge in [0.15, 0.2) is 0 Å². The minimum absolute atomic E-state index is 0.0465. The van der Waals surface area contributed by atoms with Crippen molar-refractivity contribution >= 4 is 56.2 Å². The van der Waals surface area contributed by atoms with Gasteiger partial charge in [-0.15, -0.1) is 0 Å². The summed E-state index contributed by atoms with van der Waals surface area (Å²) in [6, 6.07) is 41.5. The normalized spacial score (nSPS) is 16.1. The van der Waals surface area contributed by atoms with Crippen LogP contribution < -0.4 is 9.48 Å². The van der Waals surface area contributed by atoms with E-state index in [1.54, 1.807) is 0 Å². The third-order valence-electron chi connectivity index (χ3n) is 8.97. The van der Waals surface area contributed by atoms with Crippen LogP contribution in [0, 0.1) is 0 Å². The van der Waals surface area contributed by atoms with E-state index >= 15 is 0 Å². The molecule has 0 spiro atoms. The summed E-state index contributed by atoms with van der Waals surface area (Å²) in [5.74, 6) is 1.86. The Morgan fingerprint density at radius 2 is 1.31 bits per heavy atom. The number of nitrogens with zero attached hydrogens (tertiary/aromatic N) is 5. The van der Waals surface area contributed by atoms with Crippen molar-refractivity contribution in [1.82, 2.24) is 19.5 Å². The summed E-state index contributed by atoms with van der Waals surface area (Å²) in [6.07, 6.45) is 6.58. The van der Waals surface area contributed by atoms with E-state index in [9.17, 15) is 0 Å². The highest BCUT2D eigenvalue weighted by atomic mass is 16.3. The molecule has 4 heterocycles. The lowest BCUT2D eigenvalue weighted by molar-refractivity contribution is 0.669. The van der Waals surface area contributed by atoms with Crippen molar-refractivity contribution in [2.75, 3.05) is 4.90 Å². The van der Waals surface area contributed by atoms with Crippen LogP contribution in [-0.2, 0) is 0 Å². The minimum atomic E-state index is -0.0465. The lowest BCUT2D eigenvalue weighted by Crippen LogP contribution is -2.43. The summed E-state index contributed by atoms with van der Waals surface area (Å²) in [7, 11) is 0. The molecule has 10 rings (SSSR count). The summed E-state index contributed by atoms with van der Waals surface area (Å²) in [5, 5.41) is 2.26. The molecule has 2 aliphatic heterocycles. The van der Waals surface area contributed by atoms with Crippen molar-refractivity contribution < 1.29 is 4.42 Å². The van der Waals surface area contributed by atoms with E-state index in [2.05, 4.69) is 76.2 Å². The fourth-order valence-corrected chi connectivity index (χ4v) is 7.01. The molecule has 1 atom stereocenters. The van der Waals surface area contributed by atoms with Gasteiger partial charge in [0.2, 0.25) is 11.6 Å². The second-order valence-corrected chi connectivity index (χ2v) is 11.5. The molecule has 0 amide bonds. The molecule has 0 bridgehead atoms. The van der Waals surface area contributed by atoms with Crippen LogP contribution >= 0.6 is 0 Å². The molecule has 0 saturated heterocycles. The van der Waals surface area contributed by atoms with Crippen LogP contribution in [0.25, 0.3) is 50.3 Å². The van der Waals surface area contributed by atoms with Crippen molar-refractivity contribution in [3.63, 3.8) is 0 Å². The standard InChI is InChI=1S/C39H24N5O/c1-3-12-24(13-4-1)37-40-38(25-14-5-2-6-15-25)42-39(41-37)44-31-19-9-8-18-30(31)43-33-23-35-29(26-16-7-10-21-34(26)45-35)22-28(33)27-17-11-20-32(44)36(27)43/h1-23,36H/q+1. The van der Waals surface area contributed by atoms with Gasteiger partial charge in [0.25, 0.3) is 0 Å². The maximum Gasteiger partial charge on any atom is 0.442 e. The highest BCUT2D eigenvalue weighted by molar-refractivity contribution is 6.22. The summed E-state index contributed by atoms with van der Waals surface area (Å²) >= 11 is 0. The molecule has 1 unspecified atom stereocenters. The van der Waals surface area contributed by atoms with Crippen LogP contribution in [0.15, 0.2) is 144 Å². The van der Waals surface area contributed by atoms with Gasteiger partial charge in [0.1, 0.15) is 28.6 Å². The first-order valence-electron chi connectivity index (χ1n) is 15.1. The lowest BCUT2D eigenvalue weighted by Gasteiger charge is -2.35. The van der Waals surface area contributed by atoms with Crippen LogP contribution in [0.3, 0.4) is 0 Å². The third-order valence-corrected chi connectivity index (χ3v) is 8.97. The highest BCUT2D eigenvalue weighted by Gasteiger charge is 2.46. The summed E-state index contributed by atoms with van der Waals surface area (Å²) in [6.45, 7) is 0. The zero-order valence-corrected chi connectivity index (χ0v) is 24.0. The quantitative estimate of drug-likeness (QED) is 0.196. The number of para-hydroxylation sites is 3. The Morgan fingerprint density at radius 1 is 0.622 bits per heavy atom. The molecular formula is C39H24N5O+. The predicted molar refractivity (Wildman–Crippen MR) is 180 cm³/mol. The molecule has 0 N–H and O–H groups in total. The lowest BCUT2D eigenvalue weighted by atomic mass is 9.92. The molecule has 3 aliphatic rings. The number of hydrogen-bond acceptors (Lipinski definition) is 5. The molecule has 6 heteroatoms. The van der Waals surface area contributed by atoms with E-state index in [0.29, 0.717) is 17.6 Å². The maximum atomic E-state index is 6.35. The molecule has 6 nitrogen and oxygen atoms in total. The number of rotatable bonds is 3. The van der Waals surface area contributed by atoms with E-state index in [1.807, 2.05) is 72.8 Å². The molecule has 0 fully saturated rings. The van der Waals surface area contributed by atoms with Crippen LogP contribution in [0.1, 0.15) is 5.56 Å². The minimum Gasteiger partial charge on any atom is -0.456 e. The Bertz CT molecular complexity index is 2380. The van der Waals surface area contributed by atoms with E-state index < -0.39 is 0 Å².